The maximum Gasteiger partial charge on any atom is 0.155 e. The van der Waals surface area contributed by atoms with Gasteiger partial charge in [0.05, 0.1) is 0 Å². The average molecular weight is 200 g/mol. The minimum atomic E-state index is 0.104. The fourth-order valence-electron chi connectivity index (χ4n) is 1.54. The lowest BCUT2D eigenvalue weighted by Crippen LogP contribution is -2.43. The molecule has 0 aromatic rings. The molecule has 4 nitrogen and oxygen atoms in total. The molecule has 0 bridgehead atoms. The van der Waals surface area contributed by atoms with Crippen LogP contribution < -0.4 is 5.32 Å². The highest BCUT2D eigenvalue weighted by Crippen LogP contribution is 1.94. The first kappa shape index (κ1) is 11.6. The maximum absolute atomic E-state index is 10.6. The van der Waals surface area contributed by atoms with Crippen LogP contribution in [0, 0.1) is 0 Å². The Morgan fingerprint density at radius 2 is 2.14 bits per heavy atom. The SMILES string of the molecule is CC(=O)COCCCN1CCNCC1. The van der Waals surface area contributed by atoms with E-state index in [2.05, 4.69) is 10.2 Å². The average Bonchev–Trinajstić information content (AvgIpc) is 2.18. The van der Waals surface area contributed by atoms with Gasteiger partial charge >= 0.3 is 0 Å². The van der Waals surface area contributed by atoms with Crippen LogP contribution in [0.4, 0.5) is 0 Å². The highest BCUT2D eigenvalue weighted by atomic mass is 16.5. The van der Waals surface area contributed by atoms with Gasteiger partial charge in [0.15, 0.2) is 5.78 Å². The summed E-state index contributed by atoms with van der Waals surface area (Å²) in [4.78, 5) is 13.0. The third-order valence-electron chi connectivity index (χ3n) is 2.28. The van der Waals surface area contributed by atoms with Crippen molar-refractivity contribution >= 4 is 5.78 Å². The summed E-state index contributed by atoms with van der Waals surface area (Å²) in [6.07, 6.45) is 1.02. The summed E-state index contributed by atoms with van der Waals surface area (Å²) in [7, 11) is 0. The van der Waals surface area contributed by atoms with Crippen LogP contribution in [0.15, 0.2) is 0 Å². The first-order valence-electron chi connectivity index (χ1n) is 5.29. The van der Waals surface area contributed by atoms with E-state index >= 15 is 0 Å². The number of Topliss-reactive ketones (excluding diaryl/α,β-unsaturated/α-hetero) is 1. The first-order chi connectivity index (χ1) is 6.79. The molecule has 82 valence electrons. The van der Waals surface area contributed by atoms with Gasteiger partial charge in [-0.15, -0.1) is 0 Å². The monoisotopic (exact) mass is 200 g/mol. The number of carbonyl (C=O) groups is 1. The number of hydrogen-bond donors (Lipinski definition) is 1. The zero-order valence-corrected chi connectivity index (χ0v) is 8.92. The first-order valence-corrected chi connectivity index (χ1v) is 5.29. The van der Waals surface area contributed by atoms with Gasteiger partial charge in [-0.3, -0.25) is 4.79 Å². The van der Waals surface area contributed by atoms with E-state index in [0.29, 0.717) is 6.61 Å². The lowest BCUT2D eigenvalue weighted by Gasteiger charge is -2.26. The number of piperazine rings is 1. The van der Waals surface area contributed by atoms with Crippen LogP contribution in [0.2, 0.25) is 0 Å². The minimum absolute atomic E-state index is 0.104. The van der Waals surface area contributed by atoms with Crippen molar-refractivity contribution in [2.75, 3.05) is 45.9 Å². The molecule has 1 heterocycles. The molecule has 0 radical (unpaired) electrons. The summed E-state index contributed by atoms with van der Waals surface area (Å²) in [6, 6.07) is 0. The van der Waals surface area contributed by atoms with Crippen molar-refractivity contribution in [1.82, 2.24) is 10.2 Å². The van der Waals surface area contributed by atoms with Gasteiger partial charge in [0.25, 0.3) is 0 Å². The van der Waals surface area contributed by atoms with Crippen molar-refractivity contribution in [3.63, 3.8) is 0 Å². The van der Waals surface area contributed by atoms with Crippen molar-refractivity contribution in [3.8, 4) is 0 Å². The van der Waals surface area contributed by atoms with Gasteiger partial charge < -0.3 is 15.0 Å². The Bertz CT molecular complexity index is 168. The van der Waals surface area contributed by atoms with E-state index in [1.54, 1.807) is 6.92 Å². The topological polar surface area (TPSA) is 41.6 Å². The standard InChI is InChI=1S/C10H20N2O2/c1-10(13)9-14-8-2-5-12-6-3-11-4-7-12/h11H,2-9H2,1H3. The summed E-state index contributed by atoms with van der Waals surface area (Å²) < 4.78 is 5.19. The van der Waals surface area contributed by atoms with Crippen molar-refractivity contribution in [3.05, 3.63) is 0 Å². The van der Waals surface area contributed by atoms with E-state index in [0.717, 1.165) is 39.1 Å². The van der Waals surface area contributed by atoms with Crippen LogP contribution in [0.5, 0.6) is 0 Å². The summed E-state index contributed by atoms with van der Waals surface area (Å²) in [5.41, 5.74) is 0. The molecule has 0 aliphatic carbocycles. The molecule has 14 heavy (non-hydrogen) atoms. The van der Waals surface area contributed by atoms with E-state index in [4.69, 9.17) is 4.74 Å². The lowest BCUT2D eigenvalue weighted by molar-refractivity contribution is -0.121. The quantitative estimate of drug-likeness (QED) is 0.607. The summed E-state index contributed by atoms with van der Waals surface area (Å²) in [5, 5.41) is 3.31. The van der Waals surface area contributed by atoms with Gasteiger partial charge in [0, 0.05) is 39.3 Å². The van der Waals surface area contributed by atoms with Crippen LogP contribution in [0.3, 0.4) is 0 Å². The van der Waals surface area contributed by atoms with E-state index in [1.165, 1.54) is 0 Å². The number of nitrogens with zero attached hydrogens (tertiary/aromatic N) is 1. The van der Waals surface area contributed by atoms with Crippen LogP contribution in [0.1, 0.15) is 13.3 Å². The van der Waals surface area contributed by atoms with Gasteiger partial charge in [0.1, 0.15) is 6.61 Å². The molecule has 0 aromatic heterocycles. The summed E-state index contributed by atoms with van der Waals surface area (Å²) >= 11 is 0. The second kappa shape index (κ2) is 6.92. The maximum atomic E-state index is 10.6. The van der Waals surface area contributed by atoms with Gasteiger partial charge in [0.2, 0.25) is 0 Å². The van der Waals surface area contributed by atoms with Crippen LogP contribution >= 0.6 is 0 Å². The fourth-order valence-corrected chi connectivity index (χ4v) is 1.54. The van der Waals surface area contributed by atoms with Gasteiger partial charge in [-0.1, -0.05) is 0 Å². The Hall–Kier alpha value is -0.450. The van der Waals surface area contributed by atoms with Crippen LogP contribution in [0.25, 0.3) is 0 Å². The second-order valence-corrected chi connectivity index (χ2v) is 3.70. The third kappa shape index (κ3) is 5.32. The lowest BCUT2D eigenvalue weighted by atomic mass is 10.3. The number of nitrogens with one attached hydrogen (secondary N) is 1. The Balaban J connectivity index is 1.90. The predicted octanol–water partition coefficient (Wildman–Crippen LogP) is -0.113. The normalized spacial score (nSPS) is 18.4. The molecule has 0 amide bonds. The zero-order chi connectivity index (χ0) is 10.2. The molecule has 1 aliphatic heterocycles. The van der Waals surface area contributed by atoms with Gasteiger partial charge in [-0.05, 0) is 13.3 Å². The second-order valence-electron chi connectivity index (χ2n) is 3.70. The van der Waals surface area contributed by atoms with Gasteiger partial charge in [-0.2, -0.15) is 0 Å². The molecule has 4 heteroatoms. The van der Waals surface area contributed by atoms with Crippen molar-refractivity contribution < 1.29 is 9.53 Å². The highest BCUT2D eigenvalue weighted by Gasteiger charge is 2.07. The minimum Gasteiger partial charge on any atom is -0.374 e. The Morgan fingerprint density at radius 1 is 1.43 bits per heavy atom. The van der Waals surface area contributed by atoms with E-state index in [9.17, 15) is 4.79 Å². The number of carbonyl (C=O) groups excluding carboxylic acids is 1. The van der Waals surface area contributed by atoms with Crippen molar-refractivity contribution in [2.24, 2.45) is 0 Å². The Kier molecular flexibility index (Phi) is 5.75. The summed E-state index contributed by atoms with van der Waals surface area (Å²) in [6.45, 7) is 8.04. The molecular weight excluding hydrogens is 180 g/mol. The molecule has 1 rings (SSSR count). The van der Waals surface area contributed by atoms with E-state index in [1.807, 2.05) is 0 Å². The van der Waals surface area contributed by atoms with Crippen molar-refractivity contribution in [2.45, 2.75) is 13.3 Å². The molecule has 1 saturated heterocycles. The molecule has 0 unspecified atom stereocenters. The molecule has 0 atom stereocenters. The predicted molar refractivity (Wildman–Crippen MR) is 55.4 cm³/mol. The number of hydrogen-bond acceptors (Lipinski definition) is 4. The van der Waals surface area contributed by atoms with Crippen LogP contribution in [-0.4, -0.2) is 56.6 Å². The van der Waals surface area contributed by atoms with E-state index < -0.39 is 0 Å². The molecule has 0 saturated carbocycles. The molecule has 0 aromatic carbocycles. The molecule has 1 fully saturated rings. The van der Waals surface area contributed by atoms with Crippen molar-refractivity contribution in [1.29, 1.82) is 0 Å². The molecular formula is C10H20N2O2. The Labute approximate surface area is 85.6 Å². The molecule has 0 spiro atoms. The smallest absolute Gasteiger partial charge is 0.155 e. The Morgan fingerprint density at radius 3 is 2.79 bits per heavy atom. The number of ether oxygens (including phenoxy) is 1. The largest absolute Gasteiger partial charge is 0.374 e. The highest BCUT2D eigenvalue weighted by molar-refractivity contribution is 5.76. The fraction of sp³-hybridized carbons (Fsp3) is 0.900. The number of rotatable bonds is 6. The third-order valence-corrected chi connectivity index (χ3v) is 2.28. The molecule has 1 N–H and O–H groups in total. The molecule has 1 aliphatic rings. The number of ketones is 1. The zero-order valence-electron chi connectivity index (χ0n) is 8.92. The van der Waals surface area contributed by atoms with Gasteiger partial charge in [-0.25, -0.2) is 0 Å². The van der Waals surface area contributed by atoms with E-state index in [-0.39, 0.29) is 12.4 Å². The van der Waals surface area contributed by atoms with Crippen LogP contribution in [-0.2, 0) is 9.53 Å². The summed E-state index contributed by atoms with van der Waals surface area (Å²) in [5.74, 6) is 0.104.